The highest BCUT2D eigenvalue weighted by Crippen LogP contribution is 2.48. The van der Waals surface area contributed by atoms with Crippen LogP contribution in [0.5, 0.6) is 5.75 Å². The number of unbranched alkanes of at least 4 members (excludes halogenated alkanes) is 1. The maximum absolute atomic E-state index is 12.6. The monoisotopic (exact) mass is 446 g/mol. The van der Waals surface area contributed by atoms with Crippen molar-refractivity contribution in [3.8, 4) is 5.75 Å². The van der Waals surface area contributed by atoms with E-state index in [0.717, 1.165) is 57.5 Å². The number of likely N-dealkylation sites (tertiary alicyclic amines) is 2. The third-order valence-electron chi connectivity index (χ3n) is 8.17. The number of benzene rings is 1. The number of hydrogen-bond donors (Lipinski definition) is 0. The van der Waals surface area contributed by atoms with Crippen LogP contribution >= 0.6 is 12.4 Å². The molecule has 2 amide bonds. The van der Waals surface area contributed by atoms with Gasteiger partial charge >= 0.3 is 0 Å². The number of ether oxygens (including phenoxy) is 1. The molecule has 0 aromatic heterocycles. The van der Waals surface area contributed by atoms with Gasteiger partial charge in [-0.15, -0.1) is 12.4 Å². The molecule has 2 atom stereocenters. The van der Waals surface area contributed by atoms with Crippen LogP contribution in [0.15, 0.2) is 18.2 Å². The Hall–Kier alpha value is -1.59. The number of methoxy groups -OCH3 is 1. The lowest BCUT2D eigenvalue weighted by atomic mass is 9.76. The summed E-state index contributed by atoms with van der Waals surface area (Å²) in [5, 5.41) is 0. The number of piperidine rings is 1. The summed E-state index contributed by atoms with van der Waals surface area (Å²) in [6.07, 6.45) is 8.77. The first-order chi connectivity index (χ1) is 14.6. The zero-order valence-electron chi connectivity index (χ0n) is 18.6. The van der Waals surface area contributed by atoms with Gasteiger partial charge < -0.3 is 9.64 Å². The Kier molecular flexibility index (Phi) is 6.64. The maximum atomic E-state index is 12.6. The van der Waals surface area contributed by atoms with Crippen molar-refractivity contribution in [3.05, 3.63) is 29.3 Å². The van der Waals surface area contributed by atoms with Crippen molar-refractivity contribution in [2.24, 2.45) is 11.3 Å². The number of halogens is 1. The van der Waals surface area contributed by atoms with Crippen molar-refractivity contribution in [1.82, 2.24) is 9.80 Å². The fourth-order valence-corrected chi connectivity index (χ4v) is 6.69. The second-order valence-electron chi connectivity index (χ2n) is 10.1. The van der Waals surface area contributed by atoms with E-state index < -0.39 is 0 Å². The Balaban J connectivity index is 0.00000231. The van der Waals surface area contributed by atoms with Gasteiger partial charge in [0, 0.05) is 44.0 Å². The van der Waals surface area contributed by atoms with Crippen molar-refractivity contribution >= 4 is 24.2 Å². The topological polar surface area (TPSA) is 49.9 Å². The molecule has 2 unspecified atom stereocenters. The first-order valence-electron chi connectivity index (χ1n) is 11.8. The van der Waals surface area contributed by atoms with Crippen LogP contribution in [0, 0.1) is 11.3 Å². The fraction of sp³-hybridized carbons (Fsp3) is 0.680. The SMILES string of the molecule is COc1cccc2c1C1CN(CCCCN3C(=O)CC4(CCCC4)CC3=O)CC1C2.Cl. The van der Waals surface area contributed by atoms with E-state index in [4.69, 9.17) is 4.74 Å². The van der Waals surface area contributed by atoms with Gasteiger partial charge in [0.05, 0.1) is 7.11 Å². The summed E-state index contributed by atoms with van der Waals surface area (Å²) in [5.74, 6) is 2.48. The number of fused-ring (bicyclic) bond motifs is 3. The first-order valence-corrected chi connectivity index (χ1v) is 11.8. The first kappa shape index (κ1) is 22.6. The van der Waals surface area contributed by atoms with Gasteiger partial charge in [-0.25, -0.2) is 0 Å². The summed E-state index contributed by atoms with van der Waals surface area (Å²) in [6, 6.07) is 6.45. The molecule has 0 N–H and O–H groups in total. The fourth-order valence-electron chi connectivity index (χ4n) is 6.69. The summed E-state index contributed by atoms with van der Waals surface area (Å²) in [5.41, 5.74) is 2.90. The zero-order valence-corrected chi connectivity index (χ0v) is 19.4. The van der Waals surface area contributed by atoms with Crippen molar-refractivity contribution in [3.63, 3.8) is 0 Å². The summed E-state index contributed by atoms with van der Waals surface area (Å²) >= 11 is 0. The highest BCUT2D eigenvalue weighted by molar-refractivity contribution is 5.98. The molecule has 1 spiro atoms. The molecule has 0 bridgehead atoms. The third kappa shape index (κ3) is 4.23. The van der Waals surface area contributed by atoms with Crippen LogP contribution in [-0.4, -0.2) is 54.9 Å². The molecule has 5 nitrogen and oxygen atoms in total. The number of hydrogen-bond acceptors (Lipinski definition) is 4. The molecular weight excluding hydrogens is 412 g/mol. The molecule has 1 aromatic rings. The van der Waals surface area contributed by atoms with Crippen molar-refractivity contribution < 1.29 is 14.3 Å². The minimum Gasteiger partial charge on any atom is -0.496 e. The lowest BCUT2D eigenvalue weighted by Crippen LogP contribution is -2.47. The van der Waals surface area contributed by atoms with Crippen LogP contribution in [0.1, 0.15) is 68.4 Å². The van der Waals surface area contributed by atoms with Gasteiger partial charge in [0.2, 0.25) is 11.8 Å². The molecule has 2 heterocycles. The minimum absolute atomic E-state index is 0. The molecule has 2 saturated heterocycles. The second-order valence-corrected chi connectivity index (χ2v) is 10.1. The van der Waals surface area contributed by atoms with Crippen molar-refractivity contribution in [1.29, 1.82) is 0 Å². The summed E-state index contributed by atoms with van der Waals surface area (Å²) in [7, 11) is 1.77. The number of amides is 2. The zero-order chi connectivity index (χ0) is 20.7. The molecule has 31 heavy (non-hydrogen) atoms. The lowest BCUT2D eigenvalue weighted by molar-refractivity contribution is -0.153. The van der Waals surface area contributed by atoms with Gasteiger partial charge in [-0.05, 0) is 61.6 Å². The quantitative estimate of drug-likeness (QED) is 0.486. The minimum atomic E-state index is 0. The molecule has 3 fully saturated rings. The van der Waals surface area contributed by atoms with Gasteiger partial charge in [-0.3, -0.25) is 14.5 Å². The van der Waals surface area contributed by atoms with Crippen molar-refractivity contribution in [2.75, 3.05) is 33.3 Å². The van der Waals surface area contributed by atoms with Crippen LogP contribution in [0.4, 0.5) is 0 Å². The van der Waals surface area contributed by atoms with Gasteiger partial charge in [-0.1, -0.05) is 25.0 Å². The predicted octanol–water partition coefficient (Wildman–Crippen LogP) is 4.18. The standard InChI is InChI=1S/C25H34N2O3.ClH/c1-30-21-8-6-7-18-13-19-16-26(17-20(19)24(18)21)11-4-5-12-27-22(28)14-25(15-23(27)29)9-2-3-10-25;/h6-8,19-20H,2-5,9-17H2,1H3;1H. The van der Waals surface area contributed by atoms with E-state index in [1.165, 1.54) is 24.0 Å². The Labute approximate surface area is 191 Å². The maximum Gasteiger partial charge on any atom is 0.229 e. The average molecular weight is 447 g/mol. The molecule has 2 aliphatic heterocycles. The third-order valence-corrected chi connectivity index (χ3v) is 8.17. The summed E-state index contributed by atoms with van der Waals surface area (Å²) in [4.78, 5) is 29.3. The Morgan fingerprint density at radius 3 is 2.45 bits per heavy atom. The molecule has 170 valence electrons. The number of imide groups is 1. The van der Waals surface area contributed by atoms with Gasteiger partial charge in [0.1, 0.15) is 5.75 Å². The van der Waals surface area contributed by atoms with E-state index in [2.05, 4.69) is 23.1 Å². The molecule has 1 aromatic carbocycles. The van der Waals surface area contributed by atoms with E-state index in [0.29, 0.717) is 31.2 Å². The van der Waals surface area contributed by atoms with E-state index in [-0.39, 0.29) is 29.6 Å². The summed E-state index contributed by atoms with van der Waals surface area (Å²) < 4.78 is 5.63. The summed E-state index contributed by atoms with van der Waals surface area (Å²) in [6.45, 7) is 3.90. The van der Waals surface area contributed by atoms with Gasteiger partial charge in [0.25, 0.3) is 0 Å². The molecule has 6 heteroatoms. The van der Waals surface area contributed by atoms with Gasteiger partial charge in [-0.2, -0.15) is 0 Å². The van der Waals surface area contributed by atoms with Crippen LogP contribution in [0.25, 0.3) is 0 Å². The van der Waals surface area contributed by atoms with E-state index in [9.17, 15) is 9.59 Å². The highest BCUT2D eigenvalue weighted by Gasteiger charge is 2.45. The molecule has 4 aliphatic rings. The number of carbonyl (C=O) groups is 2. The van der Waals surface area contributed by atoms with Gasteiger partial charge in [0.15, 0.2) is 0 Å². The highest BCUT2D eigenvalue weighted by atomic mass is 35.5. The molecule has 1 saturated carbocycles. The predicted molar refractivity (Wildman–Crippen MR) is 123 cm³/mol. The normalized spacial score (nSPS) is 26.8. The molecule has 5 rings (SSSR count). The van der Waals surface area contributed by atoms with Crippen LogP contribution in [-0.2, 0) is 16.0 Å². The number of nitrogens with zero attached hydrogens (tertiary/aromatic N) is 2. The molecule has 2 aliphatic carbocycles. The Morgan fingerprint density at radius 2 is 1.74 bits per heavy atom. The lowest BCUT2D eigenvalue weighted by Gasteiger charge is -2.37. The van der Waals surface area contributed by atoms with E-state index >= 15 is 0 Å². The second kappa shape index (κ2) is 9.11. The Morgan fingerprint density at radius 1 is 1.03 bits per heavy atom. The number of carbonyl (C=O) groups excluding carboxylic acids is 2. The smallest absolute Gasteiger partial charge is 0.229 e. The largest absolute Gasteiger partial charge is 0.496 e. The number of rotatable bonds is 6. The van der Waals surface area contributed by atoms with Crippen LogP contribution in [0.2, 0.25) is 0 Å². The molecular formula is C25H35ClN2O3. The molecule has 0 radical (unpaired) electrons. The van der Waals surface area contributed by atoms with Crippen LogP contribution < -0.4 is 4.74 Å². The van der Waals surface area contributed by atoms with Crippen LogP contribution in [0.3, 0.4) is 0 Å². The van der Waals surface area contributed by atoms with Crippen molar-refractivity contribution in [2.45, 2.75) is 63.7 Å². The van der Waals surface area contributed by atoms with E-state index in [1.54, 1.807) is 12.0 Å². The van der Waals surface area contributed by atoms with E-state index in [1.807, 2.05) is 0 Å². The average Bonchev–Trinajstić information content (AvgIpc) is 3.41. The Bertz CT molecular complexity index is 816.